The highest BCUT2D eigenvalue weighted by atomic mass is 35.5. The van der Waals surface area contributed by atoms with Crippen LogP contribution in [-0.2, 0) is 23.0 Å². The van der Waals surface area contributed by atoms with E-state index < -0.39 is 10.0 Å². The Morgan fingerprint density at radius 1 is 1.40 bits per heavy atom. The first kappa shape index (κ1) is 15.9. The summed E-state index contributed by atoms with van der Waals surface area (Å²) in [5.74, 6) is 0.731. The van der Waals surface area contributed by atoms with E-state index in [0.29, 0.717) is 16.7 Å². The highest BCUT2D eigenvalue weighted by molar-refractivity contribution is 7.89. The maximum absolute atomic E-state index is 12.7. The Morgan fingerprint density at radius 3 is 2.60 bits per heavy atom. The van der Waals surface area contributed by atoms with Gasteiger partial charge in [0.1, 0.15) is 4.90 Å². The summed E-state index contributed by atoms with van der Waals surface area (Å²) < 4.78 is 28.8. The minimum Gasteiger partial charge on any atom is -0.352 e. The molecule has 1 aromatic rings. The molecule has 2 rings (SSSR count). The summed E-state index contributed by atoms with van der Waals surface area (Å²) in [5.41, 5.74) is 0.815. The van der Waals surface area contributed by atoms with Gasteiger partial charge < -0.3 is 4.57 Å². The minimum atomic E-state index is -3.43. The fourth-order valence-corrected chi connectivity index (χ4v) is 4.88. The van der Waals surface area contributed by atoms with E-state index in [2.05, 4.69) is 6.92 Å². The molecule has 0 saturated heterocycles. The van der Waals surface area contributed by atoms with E-state index >= 15 is 0 Å². The van der Waals surface area contributed by atoms with Crippen molar-refractivity contribution < 1.29 is 8.42 Å². The van der Waals surface area contributed by atoms with Gasteiger partial charge in [0.05, 0.1) is 5.88 Å². The fourth-order valence-electron chi connectivity index (χ4n) is 3.03. The molecule has 0 aromatic carbocycles. The zero-order chi connectivity index (χ0) is 14.9. The lowest BCUT2D eigenvalue weighted by Crippen LogP contribution is -2.42. The summed E-state index contributed by atoms with van der Waals surface area (Å²) in [7, 11) is 0.0935. The maximum Gasteiger partial charge on any atom is 0.244 e. The van der Waals surface area contributed by atoms with Crippen LogP contribution in [0.2, 0.25) is 0 Å². The molecule has 0 aliphatic heterocycles. The zero-order valence-corrected chi connectivity index (χ0v) is 13.9. The van der Waals surface area contributed by atoms with Crippen LogP contribution in [0.4, 0.5) is 0 Å². The number of rotatable bonds is 4. The molecule has 20 heavy (non-hydrogen) atoms. The molecule has 0 N–H and O–H groups in total. The lowest BCUT2D eigenvalue weighted by Gasteiger charge is -2.35. The molecular formula is C14H23ClN2O2S. The predicted octanol–water partition coefficient (Wildman–Crippen LogP) is 2.96. The standard InChI is InChI=1S/C14H23ClN2O2S/c1-11-6-4-5-7-14(11)17(3)20(18,19)13-8-12(9-15)16(2)10-13/h8,10-11,14H,4-7,9H2,1-3H3. The molecule has 4 nitrogen and oxygen atoms in total. The van der Waals surface area contributed by atoms with Crippen LogP contribution >= 0.6 is 11.6 Å². The summed E-state index contributed by atoms with van der Waals surface area (Å²) in [6.45, 7) is 2.14. The Bertz CT molecular complexity index is 568. The van der Waals surface area contributed by atoms with Gasteiger partial charge in [0.15, 0.2) is 0 Å². The fraction of sp³-hybridized carbons (Fsp3) is 0.714. The zero-order valence-electron chi connectivity index (χ0n) is 12.3. The first-order valence-electron chi connectivity index (χ1n) is 7.07. The molecule has 1 aliphatic rings. The van der Waals surface area contributed by atoms with Crippen molar-refractivity contribution in [2.45, 2.75) is 49.4 Å². The van der Waals surface area contributed by atoms with Gasteiger partial charge in [-0.1, -0.05) is 19.8 Å². The van der Waals surface area contributed by atoms with Crippen LogP contribution in [0.5, 0.6) is 0 Å². The maximum atomic E-state index is 12.7. The molecule has 0 spiro atoms. The largest absolute Gasteiger partial charge is 0.352 e. The molecule has 2 unspecified atom stereocenters. The van der Waals surface area contributed by atoms with Crippen LogP contribution in [0.15, 0.2) is 17.2 Å². The third kappa shape index (κ3) is 2.90. The van der Waals surface area contributed by atoms with E-state index in [1.165, 1.54) is 6.42 Å². The van der Waals surface area contributed by atoms with E-state index in [4.69, 9.17) is 11.6 Å². The van der Waals surface area contributed by atoms with Gasteiger partial charge in [-0.2, -0.15) is 4.31 Å². The van der Waals surface area contributed by atoms with Gasteiger partial charge >= 0.3 is 0 Å². The Morgan fingerprint density at radius 2 is 2.05 bits per heavy atom. The average molecular weight is 319 g/mol. The molecule has 1 heterocycles. The number of aromatic nitrogens is 1. The van der Waals surface area contributed by atoms with Crippen LogP contribution in [0.25, 0.3) is 0 Å². The van der Waals surface area contributed by atoms with Gasteiger partial charge in [-0.05, 0) is 24.8 Å². The number of halogens is 1. The second kappa shape index (κ2) is 6.08. The quantitative estimate of drug-likeness (QED) is 0.801. The van der Waals surface area contributed by atoms with Gasteiger partial charge in [0, 0.05) is 32.0 Å². The Balaban J connectivity index is 2.28. The number of nitrogens with zero attached hydrogens (tertiary/aromatic N) is 2. The molecule has 1 aliphatic carbocycles. The van der Waals surface area contributed by atoms with Crippen molar-refractivity contribution in [1.29, 1.82) is 0 Å². The van der Waals surface area contributed by atoms with E-state index in [9.17, 15) is 8.42 Å². The summed E-state index contributed by atoms with van der Waals surface area (Å²) in [4.78, 5) is 0.343. The molecule has 1 fully saturated rings. The molecule has 6 heteroatoms. The summed E-state index contributed by atoms with van der Waals surface area (Å²) in [6.07, 6.45) is 6.01. The van der Waals surface area contributed by atoms with E-state index in [-0.39, 0.29) is 6.04 Å². The third-order valence-corrected chi connectivity index (χ3v) is 6.55. The van der Waals surface area contributed by atoms with Crippen molar-refractivity contribution in [3.8, 4) is 0 Å². The van der Waals surface area contributed by atoms with Crippen molar-refractivity contribution in [2.24, 2.45) is 13.0 Å². The lowest BCUT2D eigenvalue weighted by molar-refractivity contribution is 0.213. The molecule has 2 atom stereocenters. The second-order valence-electron chi connectivity index (χ2n) is 5.76. The number of aryl methyl sites for hydroxylation is 1. The van der Waals surface area contributed by atoms with E-state index in [1.54, 1.807) is 28.2 Å². The average Bonchev–Trinajstić information content (AvgIpc) is 2.80. The normalized spacial score (nSPS) is 24.2. The number of hydrogen-bond donors (Lipinski definition) is 0. The highest BCUT2D eigenvalue weighted by Gasteiger charge is 2.33. The summed E-state index contributed by atoms with van der Waals surface area (Å²) in [5, 5.41) is 0. The van der Waals surface area contributed by atoms with Gasteiger partial charge in [-0.15, -0.1) is 11.6 Å². The van der Waals surface area contributed by atoms with Crippen molar-refractivity contribution in [3.05, 3.63) is 18.0 Å². The van der Waals surface area contributed by atoms with Crippen LogP contribution in [0, 0.1) is 5.92 Å². The molecule has 1 aromatic heterocycles. The highest BCUT2D eigenvalue weighted by Crippen LogP contribution is 2.31. The Kier molecular flexibility index (Phi) is 4.82. The topological polar surface area (TPSA) is 42.3 Å². The number of sulfonamides is 1. The monoisotopic (exact) mass is 318 g/mol. The predicted molar refractivity (Wildman–Crippen MR) is 81.3 cm³/mol. The number of hydrogen-bond acceptors (Lipinski definition) is 2. The van der Waals surface area contributed by atoms with Crippen molar-refractivity contribution in [2.75, 3.05) is 7.05 Å². The van der Waals surface area contributed by atoms with Crippen LogP contribution < -0.4 is 0 Å². The van der Waals surface area contributed by atoms with Gasteiger partial charge in [0.25, 0.3) is 0 Å². The Labute approximate surface area is 126 Å². The minimum absolute atomic E-state index is 0.105. The molecular weight excluding hydrogens is 296 g/mol. The first-order valence-corrected chi connectivity index (χ1v) is 9.04. The molecule has 1 saturated carbocycles. The van der Waals surface area contributed by atoms with Gasteiger partial charge in [0.2, 0.25) is 10.0 Å². The van der Waals surface area contributed by atoms with E-state index in [1.807, 2.05) is 7.05 Å². The summed E-state index contributed by atoms with van der Waals surface area (Å²) >= 11 is 5.82. The molecule has 114 valence electrons. The van der Waals surface area contributed by atoms with Gasteiger partial charge in [-0.3, -0.25) is 0 Å². The van der Waals surface area contributed by atoms with Gasteiger partial charge in [-0.25, -0.2) is 8.42 Å². The number of alkyl halides is 1. The second-order valence-corrected chi connectivity index (χ2v) is 8.03. The molecule has 0 radical (unpaired) electrons. The van der Waals surface area contributed by atoms with Crippen molar-refractivity contribution in [3.63, 3.8) is 0 Å². The van der Waals surface area contributed by atoms with Crippen LogP contribution in [0.3, 0.4) is 0 Å². The lowest BCUT2D eigenvalue weighted by atomic mass is 9.86. The van der Waals surface area contributed by atoms with E-state index in [0.717, 1.165) is 25.0 Å². The summed E-state index contributed by atoms with van der Waals surface area (Å²) in [6, 6.07) is 1.78. The smallest absolute Gasteiger partial charge is 0.244 e. The molecule has 0 bridgehead atoms. The third-order valence-electron chi connectivity index (χ3n) is 4.43. The SMILES string of the molecule is CC1CCCCC1N(C)S(=O)(=O)c1cc(CCl)n(C)c1. The van der Waals surface area contributed by atoms with Crippen LogP contribution in [-0.4, -0.2) is 30.4 Å². The Hall–Kier alpha value is -0.520. The van der Waals surface area contributed by atoms with Crippen LogP contribution in [0.1, 0.15) is 38.3 Å². The molecule has 0 amide bonds. The van der Waals surface area contributed by atoms with Crippen molar-refractivity contribution in [1.82, 2.24) is 8.87 Å². The van der Waals surface area contributed by atoms with Crippen molar-refractivity contribution >= 4 is 21.6 Å². The first-order chi connectivity index (χ1) is 9.37.